The molecule has 2 atom stereocenters. The van der Waals surface area contributed by atoms with Gasteiger partial charge in [0.15, 0.2) is 5.65 Å². The van der Waals surface area contributed by atoms with Gasteiger partial charge in [0.25, 0.3) is 0 Å². The summed E-state index contributed by atoms with van der Waals surface area (Å²) in [5.41, 5.74) is 9.47. The molecule has 2 aromatic heterocycles. The predicted molar refractivity (Wildman–Crippen MR) is 70.3 cm³/mol. The maximum Gasteiger partial charge on any atom is 0.163 e. The van der Waals surface area contributed by atoms with Gasteiger partial charge < -0.3 is 5.73 Å². The smallest absolute Gasteiger partial charge is 0.163 e. The van der Waals surface area contributed by atoms with Crippen molar-refractivity contribution >= 4 is 5.65 Å². The van der Waals surface area contributed by atoms with Gasteiger partial charge in [0.1, 0.15) is 12.7 Å². The molecule has 6 heteroatoms. The minimum atomic E-state index is 0.370. The van der Waals surface area contributed by atoms with Gasteiger partial charge in [0, 0.05) is 30.7 Å². The highest BCUT2D eigenvalue weighted by molar-refractivity contribution is 5.50. The van der Waals surface area contributed by atoms with Crippen molar-refractivity contribution in [2.24, 2.45) is 5.73 Å². The van der Waals surface area contributed by atoms with E-state index in [4.69, 9.17) is 5.73 Å². The highest BCUT2D eigenvalue weighted by atomic mass is 15.3. The Bertz CT molecular complexity index is 606. The molecule has 0 saturated heterocycles. The largest absolute Gasteiger partial charge is 0.328 e. The van der Waals surface area contributed by atoms with Crippen LogP contribution in [0.5, 0.6) is 0 Å². The second-order valence-corrected chi connectivity index (χ2v) is 5.69. The first-order valence-electron chi connectivity index (χ1n) is 6.97. The van der Waals surface area contributed by atoms with Crippen molar-refractivity contribution in [3.05, 3.63) is 23.9 Å². The van der Waals surface area contributed by atoms with E-state index < -0.39 is 0 Å². The number of nitrogens with two attached hydrogens (primary N) is 1. The van der Waals surface area contributed by atoms with Crippen LogP contribution in [0.25, 0.3) is 5.65 Å². The molecule has 0 amide bonds. The molecule has 0 radical (unpaired) electrons. The van der Waals surface area contributed by atoms with E-state index in [9.17, 15) is 0 Å². The van der Waals surface area contributed by atoms with Gasteiger partial charge in [-0.3, -0.25) is 4.90 Å². The highest BCUT2D eigenvalue weighted by Gasteiger charge is 2.32. The average molecular weight is 258 g/mol. The maximum absolute atomic E-state index is 6.10. The second-order valence-electron chi connectivity index (χ2n) is 5.69. The van der Waals surface area contributed by atoms with Crippen LogP contribution in [-0.4, -0.2) is 36.6 Å². The molecule has 2 aromatic rings. The minimum Gasteiger partial charge on any atom is -0.328 e. The van der Waals surface area contributed by atoms with E-state index in [-0.39, 0.29) is 0 Å². The van der Waals surface area contributed by atoms with Crippen molar-refractivity contribution in [2.45, 2.75) is 50.9 Å². The molecule has 1 fully saturated rings. The zero-order valence-electron chi connectivity index (χ0n) is 10.9. The summed E-state index contributed by atoms with van der Waals surface area (Å²) in [7, 11) is 0. The zero-order chi connectivity index (χ0) is 12.8. The first kappa shape index (κ1) is 11.3. The van der Waals surface area contributed by atoms with E-state index >= 15 is 0 Å². The predicted octanol–water partition coefficient (Wildman–Crippen LogP) is 0.710. The van der Waals surface area contributed by atoms with Crippen LogP contribution in [0, 0.1) is 0 Å². The normalized spacial score (nSPS) is 27.8. The van der Waals surface area contributed by atoms with Crippen molar-refractivity contribution < 1.29 is 0 Å². The number of hydrogen-bond donors (Lipinski definition) is 1. The molecule has 1 saturated carbocycles. The topological polar surface area (TPSA) is 72.3 Å². The molecule has 4 rings (SSSR count). The molecule has 0 spiro atoms. The standard InChI is InChI=1S/C13H18N6/c14-9-2-1-3-10(4-9)18-5-11-12(6-18)17-19-8-15-7-16-13(11)19/h7-10H,1-6,14H2. The van der Waals surface area contributed by atoms with Gasteiger partial charge in [-0.05, 0) is 19.3 Å². The van der Waals surface area contributed by atoms with Gasteiger partial charge >= 0.3 is 0 Å². The summed E-state index contributed by atoms with van der Waals surface area (Å²) in [5.74, 6) is 0. The van der Waals surface area contributed by atoms with Gasteiger partial charge in [-0.15, -0.1) is 0 Å². The Hall–Kier alpha value is -1.53. The molecule has 1 aliphatic heterocycles. The van der Waals surface area contributed by atoms with Crippen LogP contribution in [0.15, 0.2) is 12.7 Å². The first-order valence-corrected chi connectivity index (χ1v) is 6.97. The molecule has 0 bridgehead atoms. The molecule has 2 N–H and O–H groups in total. The van der Waals surface area contributed by atoms with E-state index in [1.54, 1.807) is 17.2 Å². The maximum atomic E-state index is 6.10. The molecule has 100 valence electrons. The van der Waals surface area contributed by atoms with Crippen LogP contribution >= 0.6 is 0 Å². The van der Waals surface area contributed by atoms with E-state index in [1.165, 1.54) is 24.8 Å². The number of nitrogens with zero attached hydrogens (tertiary/aromatic N) is 5. The Labute approximate surface area is 111 Å². The van der Waals surface area contributed by atoms with Crippen molar-refractivity contribution in [1.82, 2.24) is 24.5 Å². The third-order valence-electron chi connectivity index (χ3n) is 4.40. The third kappa shape index (κ3) is 1.82. The Morgan fingerprint density at radius 2 is 2.21 bits per heavy atom. The molecule has 1 aliphatic carbocycles. The third-order valence-corrected chi connectivity index (χ3v) is 4.40. The monoisotopic (exact) mass is 258 g/mol. The van der Waals surface area contributed by atoms with Crippen molar-refractivity contribution in [3.63, 3.8) is 0 Å². The Morgan fingerprint density at radius 1 is 1.26 bits per heavy atom. The van der Waals surface area contributed by atoms with E-state index in [0.29, 0.717) is 12.1 Å². The molecule has 6 nitrogen and oxygen atoms in total. The van der Waals surface area contributed by atoms with Crippen molar-refractivity contribution in [2.75, 3.05) is 0 Å². The summed E-state index contributed by atoms with van der Waals surface area (Å²) >= 11 is 0. The van der Waals surface area contributed by atoms with Crippen LogP contribution in [0.2, 0.25) is 0 Å². The highest BCUT2D eigenvalue weighted by Crippen LogP contribution is 2.31. The van der Waals surface area contributed by atoms with E-state index in [0.717, 1.165) is 30.9 Å². The molecular formula is C13H18N6. The fourth-order valence-electron chi connectivity index (χ4n) is 3.43. The lowest BCUT2D eigenvalue weighted by molar-refractivity contribution is 0.146. The number of hydrogen-bond acceptors (Lipinski definition) is 5. The number of rotatable bonds is 1. The summed E-state index contributed by atoms with van der Waals surface area (Å²) < 4.78 is 1.79. The fraction of sp³-hybridized carbons (Fsp3) is 0.615. The lowest BCUT2D eigenvalue weighted by Crippen LogP contribution is -2.40. The molecule has 19 heavy (non-hydrogen) atoms. The van der Waals surface area contributed by atoms with Gasteiger partial charge in [-0.1, -0.05) is 6.42 Å². The molecule has 2 unspecified atom stereocenters. The molecule has 3 heterocycles. The average Bonchev–Trinajstić information content (AvgIpc) is 2.96. The summed E-state index contributed by atoms with van der Waals surface area (Å²) in [6.07, 6.45) is 8.12. The molecule has 0 aromatic carbocycles. The van der Waals surface area contributed by atoms with Gasteiger partial charge in [0.2, 0.25) is 0 Å². The zero-order valence-corrected chi connectivity index (χ0v) is 10.9. The number of aromatic nitrogens is 4. The van der Waals surface area contributed by atoms with E-state index in [2.05, 4.69) is 20.0 Å². The van der Waals surface area contributed by atoms with Crippen LogP contribution in [0.4, 0.5) is 0 Å². The summed E-state index contributed by atoms with van der Waals surface area (Å²) in [5, 5.41) is 4.58. The Morgan fingerprint density at radius 3 is 3.11 bits per heavy atom. The van der Waals surface area contributed by atoms with Crippen LogP contribution in [-0.2, 0) is 13.1 Å². The van der Waals surface area contributed by atoms with Crippen molar-refractivity contribution in [1.29, 1.82) is 0 Å². The quantitative estimate of drug-likeness (QED) is 0.815. The SMILES string of the molecule is NC1CCCC(N2Cc3nn4cncnc4c3C2)C1. The fourth-order valence-corrected chi connectivity index (χ4v) is 3.43. The summed E-state index contributed by atoms with van der Waals surface area (Å²) in [6.45, 7) is 1.88. The Kier molecular flexibility index (Phi) is 2.53. The van der Waals surface area contributed by atoms with Gasteiger partial charge in [-0.25, -0.2) is 14.5 Å². The van der Waals surface area contributed by atoms with Crippen LogP contribution in [0.3, 0.4) is 0 Å². The Balaban J connectivity index is 1.60. The minimum absolute atomic E-state index is 0.370. The van der Waals surface area contributed by atoms with Gasteiger partial charge in [-0.2, -0.15) is 5.10 Å². The van der Waals surface area contributed by atoms with Crippen LogP contribution in [0.1, 0.15) is 36.9 Å². The summed E-state index contributed by atoms with van der Waals surface area (Å²) in [6, 6.07) is 0.981. The van der Waals surface area contributed by atoms with Crippen molar-refractivity contribution in [3.8, 4) is 0 Å². The van der Waals surface area contributed by atoms with Gasteiger partial charge in [0.05, 0.1) is 5.69 Å². The molecular weight excluding hydrogens is 240 g/mol. The number of fused-ring (bicyclic) bond motifs is 3. The summed E-state index contributed by atoms with van der Waals surface area (Å²) in [4.78, 5) is 10.9. The molecule has 2 aliphatic rings. The van der Waals surface area contributed by atoms with E-state index in [1.807, 2.05) is 0 Å². The lowest BCUT2D eigenvalue weighted by Gasteiger charge is -2.33. The second kappa shape index (κ2) is 4.25. The van der Waals surface area contributed by atoms with Crippen LogP contribution < -0.4 is 5.73 Å². The first-order chi connectivity index (χ1) is 9.31. The lowest BCUT2D eigenvalue weighted by atomic mass is 9.91.